The van der Waals surface area contributed by atoms with E-state index < -0.39 is 6.10 Å². The molecule has 3 N–H and O–H groups in total. The van der Waals surface area contributed by atoms with Crippen molar-refractivity contribution in [3.05, 3.63) is 0 Å². The normalized spacial score (nSPS) is 13.5. The molecule has 0 aliphatic carbocycles. The Labute approximate surface area is 61.3 Å². The van der Waals surface area contributed by atoms with E-state index in [9.17, 15) is 0 Å². The third kappa shape index (κ3) is 6.01. The summed E-state index contributed by atoms with van der Waals surface area (Å²) < 4.78 is 0. The van der Waals surface area contributed by atoms with Crippen molar-refractivity contribution in [1.29, 1.82) is 0 Å². The van der Waals surface area contributed by atoms with Crippen LogP contribution in [0.1, 0.15) is 25.7 Å². The fourth-order valence-corrected chi connectivity index (χ4v) is 0.760. The molecule has 62 valence electrons. The maximum absolute atomic E-state index is 8.84. The van der Waals surface area contributed by atoms with Gasteiger partial charge in [0.15, 0.2) is 0 Å². The van der Waals surface area contributed by atoms with Crippen molar-refractivity contribution in [1.82, 2.24) is 0 Å². The molecule has 0 aliphatic heterocycles. The zero-order chi connectivity index (χ0) is 7.82. The fraction of sp³-hybridized carbons (Fsp3) is 1.00. The van der Waals surface area contributed by atoms with Gasteiger partial charge in [0.25, 0.3) is 0 Å². The van der Waals surface area contributed by atoms with E-state index in [0.717, 1.165) is 19.3 Å². The molecule has 0 radical (unpaired) electrons. The SMILES string of the molecule is OCCCCC[C@@H](O)CO. The minimum atomic E-state index is -0.571. The number of aliphatic hydroxyl groups excluding tert-OH is 3. The van der Waals surface area contributed by atoms with Crippen LogP contribution in [0.15, 0.2) is 0 Å². The van der Waals surface area contributed by atoms with Gasteiger partial charge in [0.2, 0.25) is 0 Å². The van der Waals surface area contributed by atoms with Gasteiger partial charge in [-0.3, -0.25) is 0 Å². The van der Waals surface area contributed by atoms with E-state index in [1.807, 2.05) is 0 Å². The van der Waals surface area contributed by atoms with Gasteiger partial charge in [0, 0.05) is 6.61 Å². The van der Waals surface area contributed by atoms with Gasteiger partial charge in [0.1, 0.15) is 0 Å². The number of hydrogen-bond donors (Lipinski definition) is 3. The Morgan fingerprint density at radius 1 is 1.00 bits per heavy atom. The van der Waals surface area contributed by atoms with Crippen LogP contribution in [0, 0.1) is 0 Å². The van der Waals surface area contributed by atoms with Crippen LogP contribution < -0.4 is 0 Å². The van der Waals surface area contributed by atoms with E-state index in [1.54, 1.807) is 0 Å². The Bertz CT molecular complexity index is 65.9. The molecule has 0 rings (SSSR count). The summed E-state index contributed by atoms with van der Waals surface area (Å²) in [5, 5.41) is 25.6. The summed E-state index contributed by atoms with van der Waals surface area (Å²) in [6.45, 7) is 0.0638. The van der Waals surface area contributed by atoms with Gasteiger partial charge >= 0.3 is 0 Å². The number of aliphatic hydroxyl groups is 3. The number of hydrogen-bond acceptors (Lipinski definition) is 3. The molecule has 0 spiro atoms. The molecule has 0 amide bonds. The van der Waals surface area contributed by atoms with Crippen LogP contribution in [0.2, 0.25) is 0 Å². The Balaban J connectivity index is 2.89. The van der Waals surface area contributed by atoms with E-state index in [1.165, 1.54) is 0 Å². The Morgan fingerprint density at radius 3 is 2.20 bits per heavy atom. The summed E-state index contributed by atoms with van der Waals surface area (Å²) >= 11 is 0. The van der Waals surface area contributed by atoms with Crippen molar-refractivity contribution >= 4 is 0 Å². The Hall–Kier alpha value is -0.120. The van der Waals surface area contributed by atoms with Crippen LogP contribution in [0.25, 0.3) is 0 Å². The molecule has 0 heterocycles. The highest BCUT2D eigenvalue weighted by molar-refractivity contribution is 4.52. The first-order valence-corrected chi connectivity index (χ1v) is 3.71. The summed E-state index contributed by atoms with van der Waals surface area (Å²) in [4.78, 5) is 0. The topological polar surface area (TPSA) is 60.7 Å². The molecule has 3 heteroatoms. The monoisotopic (exact) mass is 148 g/mol. The molecule has 0 aromatic heterocycles. The largest absolute Gasteiger partial charge is 0.396 e. The smallest absolute Gasteiger partial charge is 0.0770 e. The molecule has 10 heavy (non-hydrogen) atoms. The third-order valence-electron chi connectivity index (χ3n) is 1.41. The van der Waals surface area contributed by atoms with Crippen molar-refractivity contribution < 1.29 is 15.3 Å². The fourth-order valence-electron chi connectivity index (χ4n) is 0.760. The maximum atomic E-state index is 8.84. The van der Waals surface area contributed by atoms with Crippen molar-refractivity contribution in [2.45, 2.75) is 31.8 Å². The second kappa shape index (κ2) is 6.99. The second-order valence-corrected chi connectivity index (χ2v) is 2.41. The van der Waals surface area contributed by atoms with E-state index in [4.69, 9.17) is 15.3 Å². The maximum Gasteiger partial charge on any atom is 0.0770 e. The average Bonchev–Trinajstić information content (AvgIpc) is 1.98. The van der Waals surface area contributed by atoms with Crippen LogP contribution in [-0.4, -0.2) is 34.6 Å². The summed E-state index contributed by atoms with van der Waals surface area (Å²) in [5.74, 6) is 0. The molecule has 0 saturated carbocycles. The zero-order valence-electron chi connectivity index (χ0n) is 6.16. The number of unbranched alkanes of at least 4 members (excludes halogenated alkanes) is 2. The van der Waals surface area contributed by atoms with Gasteiger partial charge in [-0.2, -0.15) is 0 Å². The first-order valence-electron chi connectivity index (χ1n) is 3.71. The van der Waals surface area contributed by atoms with E-state index in [-0.39, 0.29) is 13.2 Å². The molecule has 0 aromatic rings. The Morgan fingerprint density at radius 2 is 1.70 bits per heavy atom. The van der Waals surface area contributed by atoms with Crippen LogP contribution in [0.5, 0.6) is 0 Å². The summed E-state index contributed by atoms with van der Waals surface area (Å²) in [6, 6.07) is 0. The zero-order valence-corrected chi connectivity index (χ0v) is 6.16. The molecule has 0 aromatic carbocycles. The highest BCUT2D eigenvalue weighted by atomic mass is 16.3. The molecular weight excluding hydrogens is 132 g/mol. The van der Waals surface area contributed by atoms with Crippen LogP contribution in [0.3, 0.4) is 0 Å². The molecule has 0 saturated heterocycles. The highest BCUT2D eigenvalue weighted by Crippen LogP contribution is 2.02. The molecule has 0 unspecified atom stereocenters. The van der Waals surface area contributed by atoms with E-state index in [2.05, 4.69) is 0 Å². The average molecular weight is 148 g/mol. The minimum absolute atomic E-state index is 0.154. The first-order chi connectivity index (χ1) is 4.81. The summed E-state index contributed by atoms with van der Waals surface area (Å²) in [7, 11) is 0. The Kier molecular flexibility index (Phi) is 6.91. The van der Waals surface area contributed by atoms with Gasteiger partial charge in [0.05, 0.1) is 12.7 Å². The van der Waals surface area contributed by atoms with Gasteiger partial charge in [-0.15, -0.1) is 0 Å². The predicted octanol–water partition coefficient (Wildman–Crippen LogP) is -0.108. The molecule has 0 fully saturated rings. The van der Waals surface area contributed by atoms with Crippen molar-refractivity contribution in [3.8, 4) is 0 Å². The lowest BCUT2D eigenvalue weighted by molar-refractivity contribution is 0.0856. The summed E-state index contributed by atoms with van der Waals surface area (Å²) in [6.07, 6.45) is 2.66. The first kappa shape index (κ1) is 9.88. The molecular formula is C7H16O3. The molecule has 3 nitrogen and oxygen atoms in total. The van der Waals surface area contributed by atoms with Gasteiger partial charge in [-0.05, 0) is 12.8 Å². The number of rotatable bonds is 6. The predicted molar refractivity (Wildman–Crippen MR) is 38.6 cm³/mol. The van der Waals surface area contributed by atoms with Gasteiger partial charge < -0.3 is 15.3 Å². The standard InChI is InChI=1S/C7H16O3/c8-5-3-1-2-4-7(10)6-9/h7-10H,1-6H2/t7-/m1/s1. The van der Waals surface area contributed by atoms with Crippen LogP contribution in [0.4, 0.5) is 0 Å². The quantitative estimate of drug-likeness (QED) is 0.461. The van der Waals surface area contributed by atoms with Crippen LogP contribution >= 0.6 is 0 Å². The van der Waals surface area contributed by atoms with E-state index >= 15 is 0 Å². The lowest BCUT2D eigenvalue weighted by Gasteiger charge is -2.04. The van der Waals surface area contributed by atoms with Gasteiger partial charge in [-0.1, -0.05) is 12.8 Å². The minimum Gasteiger partial charge on any atom is -0.396 e. The van der Waals surface area contributed by atoms with Crippen molar-refractivity contribution in [3.63, 3.8) is 0 Å². The molecule has 0 aliphatic rings. The molecule has 0 bridgehead atoms. The van der Waals surface area contributed by atoms with Crippen LogP contribution in [-0.2, 0) is 0 Å². The molecule has 1 atom stereocenters. The summed E-state index contributed by atoms with van der Waals surface area (Å²) in [5.41, 5.74) is 0. The van der Waals surface area contributed by atoms with E-state index in [0.29, 0.717) is 6.42 Å². The van der Waals surface area contributed by atoms with Gasteiger partial charge in [-0.25, -0.2) is 0 Å². The lowest BCUT2D eigenvalue weighted by atomic mass is 10.1. The third-order valence-corrected chi connectivity index (χ3v) is 1.41. The second-order valence-electron chi connectivity index (χ2n) is 2.41. The van der Waals surface area contributed by atoms with Crippen molar-refractivity contribution in [2.24, 2.45) is 0 Å². The highest BCUT2D eigenvalue weighted by Gasteiger charge is 1.99. The lowest BCUT2D eigenvalue weighted by Crippen LogP contribution is -2.11. The van der Waals surface area contributed by atoms with Crippen molar-refractivity contribution in [2.75, 3.05) is 13.2 Å².